The topological polar surface area (TPSA) is 110 Å². The van der Waals surface area contributed by atoms with Crippen LogP contribution < -0.4 is 15.8 Å². The van der Waals surface area contributed by atoms with Crippen molar-refractivity contribution in [3.05, 3.63) is 45.9 Å². The largest absolute Gasteiger partial charge is 0.462 e. The number of hydrogen-bond acceptors (Lipinski definition) is 9. The molecule has 1 aliphatic rings. The predicted octanol–water partition coefficient (Wildman–Crippen LogP) is 2.21. The number of aromatic nitrogens is 3. The summed E-state index contributed by atoms with van der Waals surface area (Å²) in [6.07, 6.45) is 0. The smallest absolute Gasteiger partial charge is 0.345 e. The molecule has 1 aromatic carbocycles. The molecule has 3 heterocycles. The number of carbonyl (C=O) groups is 2. The van der Waals surface area contributed by atoms with Gasteiger partial charge in [-0.25, -0.2) is 4.79 Å². The van der Waals surface area contributed by atoms with E-state index in [1.54, 1.807) is 25.9 Å². The van der Waals surface area contributed by atoms with E-state index in [1.165, 1.54) is 4.57 Å². The van der Waals surface area contributed by atoms with Crippen molar-refractivity contribution in [1.29, 1.82) is 0 Å². The number of nitrogens with one attached hydrogen (secondary N) is 1. The number of fused-ring (bicyclic) bond motifs is 1. The first kappa shape index (κ1) is 24.2. The Morgan fingerprint density at radius 2 is 1.85 bits per heavy atom. The molecule has 1 amide bonds. The van der Waals surface area contributed by atoms with E-state index in [-0.39, 0.29) is 25.5 Å². The molecular weight excluding hydrogens is 444 g/mol. The van der Waals surface area contributed by atoms with E-state index in [0.717, 1.165) is 22.6 Å². The van der Waals surface area contributed by atoms with Gasteiger partial charge in [0.1, 0.15) is 5.56 Å². The fourth-order valence-electron chi connectivity index (χ4n) is 3.97. The van der Waals surface area contributed by atoms with Gasteiger partial charge in [0.15, 0.2) is 11.5 Å². The van der Waals surface area contributed by atoms with Gasteiger partial charge in [-0.1, -0.05) is 25.6 Å². The van der Waals surface area contributed by atoms with Crippen LogP contribution in [0.1, 0.15) is 35.2 Å². The highest BCUT2D eigenvalue weighted by Crippen LogP contribution is 2.30. The van der Waals surface area contributed by atoms with Gasteiger partial charge >= 0.3 is 5.97 Å². The fourth-order valence-corrected chi connectivity index (χ4v) is 4.52. The zero-order valence-electron chi connectivity index (χ0n) is 18.1. The van der Waals surface area contributed by atoms with Crippen LogP contribution in [-0.2, 0) is 11.8 Å². The summed E-state index contributed by atoms with van der Waals surface area (Å²) in [5.74, 6) is -0.369. The fraction of sp³-hybridized carbons (Fsp3) is 0.409. The number of ether oxygens (including phenoxy) is 1. The molecule has 0 radical (unpaired) electrons. The first-order valence-corrected chi connectivity index (χ1v) is 11.0. The number of benzene rings is 1. The van der Waals surface area contributed by atoms with Gasteiger partial charge < -0.3 is 24.4 Å². The number of amides is 1. The summed E-state index contributed by atoms with van der Waals surface area (Å²) >= 11 is 0.986. The minimum absolute atomic E-state index is 0. The van der Waals surface area contributed by atoms with E-state index in [9.17, 15) is 14.4 Å². The highest BCUT2D eigenvalue weighted by Gasteiger charge is 2.31. The second-order valence-electron chi connectivity index (χ2n) is 7.32. The number of para-hydroxylation sites is 1. The number of esters is 1. The van der Waals surface area contributed by atoms with E-state index in [2.05, 4.69) is 14.1 Å². The molecule has 33 heavy (non-hydrogen) atoms. The number of piperazine rings is 1. The normalized spacial score (nSPS) is 13.5. The van der Waals surface area contributed by atoms with Crippen molar-refractivity contribution in [2.24, 2.45) is 7.05 Å². The molecule has 176 valence electrons. The highest BCUT2D eigenvalue weighted by molar-refractivity contribution is 6.99. The monoisotopic (exact) mass is 472 g/mol. The first-order valence-electron chi connectivity index (χ1n) is 10.3. The van der Waals surface area contributed by atoms with Crippen molar-refractivity contribution in [2.45, 2.75) is 14.4 Å². The Labute approximate surface area is 196 Å². The third-order valence-electron chi connectivity index (χ3n) is 5.57. The molecule has 0 spiro atoms. The van der Waals surface area contributed by atoms with Crippen molar-refractivity contribution in [3.8, 4) is 0 Å². The summed E-state index contributed by atoms with van der Waals surface area (Å²) < 4.78 is 14.9. The Morgan fingerprint density at radius 1 is 1.15 bits per heavy atom. The molecule has 4 rings (SSSR count). The van der Waals surface area contributed by atoms with Crippen molar-refractivity contribution in [2.75, 3.05) is 50.1 Å². The lowest BCUT2D eigenvalue weighted by Gasteiger charge is -2.37. The van der Waals surface area contributed by atoms with Gasteiger partial charge in [-0.3, -0.25) is 9.59 Å². The van der Waals surface area contributed by atoms with Crippen molar-refractivity contribution >= 4 is 46.0 Å². The second-order valence-corrected chi connectivity index (χ2v) is 7.84. The van der Waals surface area contributed by atoms with Crippen molar-refractivity contribution < 1.29 is 14.3 Å². The van der Waals surface area contributed by atoms with Crippen LogP contribution in [0.5, 0.6) is 0 Å². The van der Waals surface area contributed by atoms with E-state index < -0.39 is 11.5 Å². The van der Waals surface area contributed by atoms with Crippen LogP contribution in [0.3, 0.4) is 0 Å². The molecule has 0 bridgehead atoms. The number of pyridine rings is 1. The third kappa shape index (κ3) is 4.28. The van der Waals surface area contributed by atoms with E-state index >= 15 is 0 Å². The van der Waals surface area contributed by atoms with Crippen LogP contribution in [0.15, 0.2) is 29.1 Å². The average molecular weight is 473 g/mol. The summed E-state index contributed by atoms with van der Waals surface area (Å²) in [5.41, 5.74) is 1.21. The predicted molar refractivity (Wildman–Crippen MR) is 129 cm³/mol. The number of rotatable bonds is 5. The van der Waals surface area contributed by atoms with Crippen LogP contribution in [0, 0.1) is 0 Å². The van der Waals surface area contributed by atoms with Crippen LogP contribution in [0.25, 0.3) is 10.9 Å². The van der Waals surface area contributed by atoms with Crippen LogP contribution in [0.4, 0.5) is 11.5 Å². The van der Waals surface area contributed by atoms with Gasteiger partial charge in [-0.2, -0.15) is 8.75 Å². The lowest BCUT2D eigenvalue weighted by molar-refractivity contribution is 0.0523. The quantitative estimate of drug-likeness (QED) is 0.563. The lowest BCUT2D eigenvalue weighted by Crippen LogP contribution is -2.50. The molecule has 0 aliphatic carbocycles. The molecule has 1 fully saturated rings. The Bertz CT molecular complexity index is 1230. The standard InChI is InChI=1S/C21H24N6O4S.CH4/c1-4-31-21(30)15-17(13-7-5-6-8-14(13)25(3)19(15)28)26-9-11-27(12-10-26)20(29)16-18(22-2)24-32-23-16;/h5-8H,4,9-12H2,1-3H3,(H,22,24);1H4. The molecule has 11 heteroatoms. The van der Waals surface area contributed by atoms with Crippen LogP contribution in [0.2, 0.25) is 0 Å². The molecular formula is C22H28N6O4S. The molecule has 2 aromatic heterocycles. The number of hydrogen-bond donors (Lipinski definition) is 1. The Hall–Kier alpha value is -3.47. The number of aryl methyl sites for hydroxylation is 1. The third-order valence-corrected chi connectivity index (χ3v) is 6.09. The molecule has 3 aromatic rings. The maximum absolute atomic E-state index is 13.1. The van der Waals surface area contributed by atoms with Gasteiger partial charge in [-0.05, 0) is 13.0 Å². The van der Waals surface area contributed by atoms with E-state index in [0.29, 0.717) is 43.4 Å². The Morgan fingerprint density at radius 3 is 2.52 bits per heavy atom. The minimum Gasteiger partial charge on any atom is -0.462 e. The minimum atomic E-state index is -0.639. The first-order chi connectivity index (χ1) is 15.5. The van der Waals surface area contributed by atoms with Crippen LogP contribution in [-0.4, -0.2) is 69.9 Å². The summed E-state index contributed by atoms with van der Waals surface area (Å²) in [4.78, 5) is 42.5. The van der Waals surface area contributed by atoms with E-state index in [1.807, 2.05) is 29.2 Å². The lowest BCUT2D eigenvalue weighted by atomic mass is 10.1. The summed E-state index contributed by atoms with van der Waals surface area (Å²) in [7, 11) is 3.35. The van der Waals surface area contributed by atoms with Gasteiger partial charge in [0, 0.05) is 45.7 Å². The second kappa shape index (κ2) is 9.99. The average Bonchev–Trinajstić information content (AvgIpc) is 3.30. The van der Waals surface area contributed by atoms with Gasteiger partial charge in [0.2, 0.25) is 0 Å². The zero-order chi connectivity index (χ0) is 22.8. The van der Waals surface area contributed by atoms with E-state index in [4.69, 9.17) is 4.74 Å². The van der Waals surface area contributed by atoms with Crippen molar-refractivity contribution in [1.82, 2.24) is 18.2 Å². The number of anilines is 2. The molecule has 1 saturated heterocycles. The summed E-state index contributed by atoms with van der Waals surface area (Å²) in [6, 6.07) is 7.47. The molecule has 1 N–H and O–H groups in total. The molecule has 10 nitrogen and oxygen atoms in total. The molecule has 1 aliphatic heterocycles. The molecule has 0 atom stereocenters. The van der Waals surface area contributed by atoms with Gasteiger partial charge in [0.05, 0.1) is 29.5 Å². The summed E-state index contributed by atoms with van der Waals surface area (Å²) in [5, 5.41) is 3.67. The summed E-state index contributed by atoms with van der Waals surface area (Å²) in [6.45, 7) is 3.65. The Balaban J connectivity index is 0.00000306. The molecule has 0 unspecified atom stereocenters. The number of nitrogens with zero attached hydrogens (tertiary/aromatic N) is 5. The zero-order valence-corrected chi connectivity index (χ0v) is 18.9. The SMILES string of the molecule is C.CCOC(=O)c1c(N2CCN(C(=O)c3nsnc3NC)CC2)c2ccccc2n(C)c1=O. The van der Waals surface area contributed by atoms with Crippen molar-refractivity contribution in [3.63, 3.8) is 0 Å². The maximum atomic E-state index is 13.1. The molecule has 0 saturated carbocycles. The Kier molecular flexibility index (Phi) is 7.32. The number of carbonyl (C=O) groups excluding carboxylic acids is 2. The van der Waals surface area contributed by atoms with Crippen LogP contribution >= 0.6 is 11.7 Å². The highest BCUT2D eigenvalue weighted by atomic mass is 32.1. The van der Waals surface area contributed by atoms with Gasteiger partial charge in [0.25, 0.3) is 11.5 Å². The maximum Gasteiger partial charge on any atom is 0.345 e. The van der Waals surface area contributed by atoms with Gasteiger partial charge in [-0.15, -0.1) is 0 Å².